The van der Waals surface area contributed by atoms with Crippen LogP contribution in [0.1, 0.15) is 51.4 Å². The van der Waals surface area contributed by atoms with Crippen molar-refractivity contribution in [1.29, 1.82) is 0 Å². The fraction of sp³-hybridized carbons (Fsp3) is 0.289. The molecule has 2 heterocycles. The number of benzene rings is 3. The fourth-order valence-electron chi connectivity index (χ4n) is 6.18. The molecule has 2 N–H and O–H groups in total. The topological polar surface area (TPSA) is 86.7 Å². The van der Waals surface area contributed by atoms with Crippen molar-refractivity contribution < 1.29 is 9.59 Å². The summed E-state index contributed by atoms with van der Waals surface area (Å²) in [5, 5.41) is 6.07. The van der Waals surface area contributed by atoms with Crippen LogP contribution in [0.5, 0.6) is 0 Å². The molecular weight excluding hydrogens is 574 g/mol. The monoisotopic (exact) mass is 615 g/mol. The van der Waals surface area contributed by atoms with E-state index in [1.165, 1.54) is 24.5 Å². The first-order valence-corrected chi connectivity index (χ1v) is 15.9. The van der Waals surface area contributed by atoms with E-state index in [1.54, 1.807) is 11.6 Å². The van der Waals surface area contributed by atoms with Gasteiger partial charge in [0.2, 0.25) is 5.91 Å². The van der Waals surface area contributed by atoms with E-state index in [2.05, 4.69) is 46.2 Å². The van der Waals surface area contributed by atoms with Gasteiger partial charge in [-0.25, -0.2) is 0 Å². The second-order valence-corrected chi connectivity index (χ2v) is 12.5. The summed E-state index contributed by atoms with van der Waals surface area (Å²) < 4.78 is 1.61. The zero-order valence-electron chi connectivity index (χ0n) is 26.8. The number of piperazine rings is 1. The van der Waals surface area contributed by atoms with Gasteiger partial charge in [0.25, 0.3) is 11.5 Å². The Labute approximate surface area is 270 Å². The summed E-state index contributed by atoms with van der Waals surface area (Å²) in [5.41, 5.74) is 8.52. The zero-order chi connectivity index (χ0) is 32.4. The molecule has 8 nitrogen and oxygen atoms in total. The van der Waals surface area contributed by atoms with Gasteiger partial charge in [-0.05, 0) is 103 Å². The van der Waals surface area contributed by atoms with Crippen molar-refractivity contribution in [2.24, 2.45) is 7.05 Å². The Kier molecular flexibility index (Phi) is 8.90. The number of carbonyl (C=O) groups is 2. The van der Waals surface area contributed by atoms with Gasteiger partial charge in [-0.1, -0.05) is 36.9 Å². The molecule has 236 valence electrons. The fourth-order valence-corrected chi connectivity index (χ4v) is 6.18. The van der Waals surface area contributed by atoms with Gasteiger partial charge in [0.15, 0.2) is 0 Å². The van der Waals surface area contributed by atoms with E-state index in [0.29, 0.717) is 29.2 Å². The maximum Gasteiger partial charge on any atom is 0.255 e. The van der Waals surface area contributed by atoms with E-state index in [4.69, 9.17) is 0 Å². The number of rotatable bonds is 9. The Morgan fingerprint density at radius 2 is 1.65 bits per heavy atom. The van der Waals surface area contributed by atoms with Crippen molar-refractivity contribution in [2.75, 3.05) is 48.8 Å². The number of carbonyl (C=O) groups excluding carboxylic acids is 2. The van der Waals surface area contributed by atoms with Gasteiger partial charge in [0.05, 0.1) is 11.4 Å². The number of aromatic nitrogens is 1. The van der Waals surface area contributed by atoms with Crippen LogP contribution in [0.3, 0.4) is 0 Å². The molecule has 1 aromatic heterocycles. The molecule has 3 aromatic carbocycles. The van der Waals surface area contributed by atoms with Crippen molar-refractivity contribution in [2.45, 2.75) is 32.1 Å². The Morgan fingerprint density at radius 3 is 2.35 bits per heavy atom. The summed E-state index contributed by atoms with van der Waals surface area (Å²) >= 11 is 0. The highest BCUT2D eigenvalue weighted by atomic mass is 16.2. The SMILES string of the molecule is C=CC(=O)Nc1cc(Cc2cc(-c3cccc(NC(=O)c4ccc(C5CC5)cc4)c3C)cn(C)c2=O)ccc1N1CCN(C)CC1. The third-order valence-corrected chi connectivity index (χ3v) is 9.11. The van der Waals surface area contributed by atoms with Crippen molar-refractivity contribution >= 4 is 28.9 Å². The predicted molar refractivity (Wildman–Crippen MR) is 186 cm³/mol. The molecule has 0 unspecified atom stereocenters. The first-order chi connectivity index (χ1) is 22.2. The lowest BCUT2D eigenvalue weighted by molar-refractivity contribution is -0.111. The van der Waals surface area contributed by atoms with Crippen molar-refractivity contribution in [3.05, 3.63) is 124 Å². The molecule has 1 aliphatic heterocycles. The van der Waals surface area contributed by atoms with E-state index in [-0.39, 0.29) is 17.4 Å². The predicted octanol–water partition coefficient (Wildman–Crippen LogP) is 5.96. The number of hydrogen-bond donors (Lipinski definition) is 2. The van der Waals surface area contributed by atoms with Gasteiger partial charge in [-0.2, -0.15) is 0 Å². The number of amides is 2. The highest BCUT2D eigenvalue weighted by Gasteiger charge is 2.23. The Hall–Kier alpha value is -4.95. The molecule has 0 spiro atoms. The summed E-state index contributed by atoms with van der Waals surface area (Å²) in [6, 6.07) is 21.7. The molecule has 0 bridgehead atoms. The molecule has 2 fully saturated rings. The molecule has 2 aliphatic rings. The highest BCUT2D eigenvalue weighted by Crippen LogP contribution is 2.40. The smallest absolute Gasteiger partial charge is 0.255 e. The van der Waals surface area contributed by atoms with E-state index < -0.39 is 0 Å². The van der Waals surface area contributed by atoms with Crippen LogP contribution in [0.4, 0.5) is 17.1 Å². The molecule has 0 atom stereocenters. The van der Waals surface area contributed by atoms with E-state index >= 15 is 0 Å². The van der Waals surface area contributed by atoms with Crippen LogP contribution in [0.25, 0.3) is 11.1 Å². The molecule has 6 rings (SSSR count). The van der Waals surface area contributed by atoms with Gasteiger partial charge in [-0.3, -0.25) is 14.4 Å². The summed E-state index contributed by atoms with van der Waals surface area (Å²) in [5.74, 6) is 0.218. The van der Waals surface area contributed by atoms with E-state index in [1.807, 2.05) is 67.7 Å². The number of anilines is 3. The maximum atomic E-state index is 13.3. The second-order valence-electron chi connectivity index (χ2n) is 12.5. The largest absolute Gasteiger partial charge is 0.367 e. The van der Waals surface area contributed by atoms with Crippen LogP contribution in [-0.2, 0) is 18.3 Å². The van der Waals surface area contributed by atoms with Crippen LogP contribution in [0.15, 0.2) is 90.4 Å². The quantitative estimate of drug-likeness (QED) is 0.227. The third-order valence-electron chi connectivity index (χ3n) is 9.11. The van der Waals surface area contributed by atoms with E-state index in [0.717, 1.165) is 59.8 Å². The molecule has 4 aromatic rings. The lowest BCUT2D eigenvalue weighted by Gasteiger charge is -2.35. The highest BCUT2D eigenvalue weighted by molar-refractivity contribution is 6.05. The van der Waals surface area contributed by atoms with Gasteiger partial charge in [-0.15, -0.1) is 0 Å². The van der Waals surface area contributed by atoms with Gasteiger partial charge >= 0.3 is 0 Å². The maximum absolute atomic E-state index is 13.3. The third kappa shape index (κ3) is 6.82. The molecule has 0 radical (unpaired) electrons. The van der Waals surface area contributed by atoms with E-state index in [9.17, 15) is 14.4 Å². The molecule has 46 heavy (non-hydrogen) atoms. The number of nitrogens with zero attached hydrogens (tertiary/aromatic N) is 3. The number of pyridine rings is 1. The second kappa shape index (κ2) is 13.2. The minimum absolute atomic E-state index is 0.0830. The molecule has 1 aliphatic carbocycles. The summed E-state index contributed by atoms with van der Waals surface area (Å²) in [4.78, 5) is 43.4. The van der Waals surface area contributed by atoms with Gasteiger partial charge in [0.1, 0.15) is 0 Å². The summed E-state index contributed by atoms with van der Waals surface area (Å²) in [6.45, 7) is 9.21. The number of aryl methyl sites for hydroxylation is 1. The average molecular weight is 616 g/mol. The minimum Gasteiger partial charge on any atom is -0.367 e. The van der Waals surface area contributed by atoms with Crippen LogP contribution >= 0.6 is 0 Å². The van der Waals surface area contributed by atoms with Crippen LogP contribution in [0, 0.1) is 6.92 Å². The lowest BCUT2D eigenvalue weighted by atomic mass is 9.97. The molecule has 2 amide bonds. The van der Waals surface area contributed by atoms with Crippen LogP contribution in [-0.4, -0.2) is 54.5 Å². The average Bonchev–Trinajstić information content (AvgIpc) is 3.91. The standard InChI is InChI=1S/C38H41N5O3/c1-5-36(44)39-34-22-26(9-16-35(34)43-19-17-41(3)18-20-43)21-30-23-31(24-42(4)38(30)46)32-7-6-8-33(25(32)2)40-37(45)29-14-12-28(13-15-29)27-10-11-27/h5-9,12-16,22-24,27H,1,10-11,17-21H2,2-4H3,(H,39,44)(H,40,45). The zero-order valence-corrected chi connectivity index (χ0v) is 26.8. The minimum atomic E-state index is -0.275. The van der Waals surface area contributed by atoms with Crippen molar-refractivity contribution in [3.8, 4) is 11.1 Å². The number of likely N-dealkylation sites (N-methyl/N-ethyl adjacent to an activating group) is 1. The Balaban J connectivity index is 1.26. The van der Waals surface area contributed by atoms with Gasteiger partial charge in [0, 0.05) is 62.7 Å². The lowest BCUT2D eigenvalue weighted by Crippen LogP contribution is -2.44. The molecular formula is C38H41N5O3. The first kappa shape index (κ1) is 31.0. The van der Waals surface area contributed by atoms with Crippen LogP contribution < -0.4 is 21.1 Å². The normalized spacial score (nSPS) is 15.0. The number of hydrogen-bond acceptors (Lipinski definition) is 5. The van der Waals surface area contributed by atoms with Crippen molar-refractivity contribution in [3.63, 3.8) is 0 Å². The first-order valence-electron chi connectivity index (χ1n) is 15.9. The summed E-state index contributed by atoms with van der Waals surface area (Å²) in [6.07, 6.45) is 5.95. The summed E-state index contributed by atoms with van der Waals surface area (Å²) in [7, 11) is 3.87. The van der Waals surface area contributed by atoms with Crippen LogP contribution in [0.2, 0.25) is 0 Å². The Bertz CT molecular complexity index is 1850. The molecule has 1 saturated heterocycles. The Morgan fingerprint density at radius 1 is 0.913 bits per heavy atom. The van der Waals surface area contributed by atoms with Crippen molar-refractivity contribution in [1.82, 2.24) is 9.47 Å². The van der Waals surface area contributed by atoms with Gasteiger partial charge < -0.3 is 25.0 Å². The number of nitrogens with one attached hydrogen (secondary N) is 2. The molecule has 8 heteroatoms. The molecule has 1 saturated carbocycles.